The number of para-hydroxylation sites is 1. The van der Waals surface area contributed by atoms with Crippen molar-refractivity contribution >= 4 is 34.2 Å². The Bertz CT molecular complexity index is 1690. The van der Waals surface area contributed by atoms with Crippen LogP contribution in [0, 0.1) is 18.6 Å². The molecular formula is C27H22F2N6O2. The second-order valence-corrected chi connectivity index (χ2v) is 9.29. The zero-order chi connectivity index (χ0) is 25.8. The number of halogens is 2. The second kappa shape index (κ2) is 8.51. The molecule has 1 aliphatic heterocycles. The summed E-state index contributed by atoms with van der Waals surface area (Å²) < 4.78 is 29.5. The molecule has 1 unspecified atom stereocenters. The number of hydrogen-bond donors (Lipinski definition) is 2. The van der Waals surface area contributed by atoms with E-state index in [4.69, 9.17) is 4.98 Å². The molecule has 1 aliphatic rings. The third kappa shape index (κ3) is 3.81. The monoisotopic (exact) mass is 500 g/mol. The second-order valence-electron chi connectivity index (χ2n) is 9.29. The third-order valence-electron chi connectivity index (χ3n) is 6.74. The van der Waals surface area contributed by atoms with Crippen molar-refractivity contribution in [3.8, 4) is 0 Å². The molecule has 2 N–H and O–H groups in total. The summed E-state index contributed by atoms with van der Waals surface area (Å²) in [4.78, 5) is 18.7. The number of carboxylic acid groups (broad SMARTS) is 1. The Hall–Kier alpha value is -4.60. The SMILES string of the molecule is Cc1cc(C(C)Nc2ccccc2C(=O)O)c2nc(N3Cc4cc(F)c(F)cc4C3)n3cnnc3c2c1. The maximum absolute atomic E-state index is 13.9. The van der Waals surface area contributed by atoms with Crippen LogP contribution in [-0.2, 0) is 13.1 Å². The molecule has 8 nitrogen and oxygen atoms in total. The molecule has 37 heavy (non-hydrogen) atoms. The fourth-order valence-electron chi connectivity index (χ4n) is 5.01. The standard InChI is InChI=1S/C27H22F2N6O2/c1-14-7-19(15(2)31-23-6-4-3-5-18(23)26(36)37)24-20(8-14)25-33-30-13-35(25)27(32-24)34-11-16-9-21(28)22(29)10-17(16)12-34/h3-10,13,15,31H,11-12H2,1-2H3,(H,36,37). The minimum atomic E-state index is -1.02. The molecule has 10 heteroatoms. The highest BCUT2D eigenvalue weighted by Crippen LogP contribution is 2.34. The number of aromatic nitrogens is 4. The molecule has 0 amide bonds. The number of carbonyl (C=O) groups is 1. The van der Waals surface area contributed by atoms with E-state index in [0.717, 1.165) is 16.5 Å². The summed E-state index contributed by atoms with van der Waals surface area (Å²) >= 11 is 0. The van der Waals surface area contributed by atoms with Gasteiger partial charge in [-0.05, 0) is 60.9 Å². The summed E-state index contributed by atoms with van der Waals surface area (Å²) in [6.07, 6.45) is 1.58. The van der Waals surface area contributed by atoms with E-state index in [1.807, 2.05) is 30.9 Å². The maximum atomic E-state index is 13.9. The number of fused-ring (bicyclic) bond motifs is 4. The Balaban J connectivity index is 1.48. The Morgan fingerprint density at radius 2 is 1.78 bits per heavy atom. The molecule has 0 bridgehead atoms. The van der Waals surface area contributed by atoms with E-state index in [2.05, 4.69) is 15.5 Å². The lowest BCUT2D eigenvalue weighted by molar-refractivity contribution is 0.0698. The highest BCUT2D eigenvalue weighted by atomic mass is 19.2. The topological polar surface area (TPSA) is 95.6 Å². The van der Waals surface area contributed by atoms with Gasteiger partial charge in [-0.15, -0.1) is 10.2 Å². The molecule has 5 aromatic rings. The van der Waals surface area contributed by atoms with Gasteiger partial charge in [0.15, 0.2) is 17.3 Å². The summed E-state index contributed by atoms with van der Waals surface area (Å²) in [5.74, 6) is -2.22. The zero-order valence-electron chi connectivity index (χ0n) is 20.0. The first-order valence-electron chi connectivity index (χ1n) is 11.7. The van der Waals surface area contributed by atoms with E-state index in [-0.39, 0.29) is 11.6 Å². The smallest absolute Gasteiger partial charge is 0.337 e. The average molecular weight is 501 g/mol. The Morgan fingerprint density at radius 3 is 2.49 bits per heavy atom. The molecule has 0 aliphatic carbocycles. The fourth-order valence-corrected chi connectivity index (χ4v) is 5.01. The highest BCUT2D eigenvalue weighted by Gasteiger charge is 2.26. The quantitative estimate of drug-likeness (QED) is 0.340. The van der Waals surface area contributed by atoms with Crippen molar-refractivity contribution in [2.45, 2.75) is 33.0 Å². The van der Waals surface area contributed by atoms with Crippen LogP contribution in [0.15, 0.2) is 54.9 Å². The Morgan fingerprint density at radius 1 is 1.08 bits per heavy atom. The first-order valence-corrected chi connectivity index (χ1v) is 11.7. The minimum absolute atomic E-state index is 0.175. The molecule has 6 rings (SSSR count). The van der Waals surface area contributed by atoms with Gasteiger partial charge in [-0.3, -0.25) is 4.40 Å². The molecule has 2 aromatic heterocycles. The summed E-state index contributed by atoms with van der Waals surface area (Å²) in [5, 5.41) is 22.2. The lowest BCUT2D eigenvalue weighted by Gasteiger charge is -2.22. The number of benzene rings is 3. The number of aryl methyl sites for hydroxylation is 1. The number of aromatic carboxylic acids is 1. The van der Waals surface area contributed by atoms with E-state index < -0.39 is 17.6 Å². The number of anilines is 2. The van der Waals surface area contributed by atoms with Gasteiger partial charge in [0.1, 0.15) is 6.33 Å². The van der Waals surface area contributed by atoms with E-state index in [1.54, 1.807) is 35.0 Å². The number of nitrogens with zero attached hydrogens (tertiary/aromatic N) is 5. The van der Waals surface area contributed by atoms with E-state index in [0.29, 0.717) is 47.0 Å². The van der Waals surface area contributed by atoms with Gasteiger partial charge in [0.05, 0.1) is 17.1 Å². The predicted molar refractivity (Wildman–Crippen MR) is 135 cm³/mol. The minimum Gasteiger partial charge on any atom is -0.478 e. The molecular weight excluding hydrogens is 478 g/mol. The van der Waals surface area contributed by atoms with Crippen LogP contribution in [0.4, 0.5) is 20.4 Å². The molecule has 0 spiro atoms. The predicted octanol–water partition coefficient (Wildman–Crippen LogP) is 5.26. The molecule has 0 fully saturated rings. The van der Waals surface area contributed by atoms with Crippen molar-refractivity contribution in [2.24, 2.45) is 0 Å². The van der Waals surface area contributed by atoms with Crippen molar-refractivity contribution in [2.75, 3.05) is 10.2 Å². The summed E-state index contributed by atoms with van der Waals surface area (Å²) in [6.45, 7) is 4.64. The van der Waals surface area contributed by atoms with Crippen LogP contribution < -0.4 is 10.2 Å². The van der Waals surface area contributed by atoms with Gasteiger partial charge in [0, 0.05) is 29.7 Å². The maximum Gasteiger partial charge on any atom is 0.337 e. The summed E-state index contributed by atoms with van der Waals surface area (Å²) in [6, 6.07) is 12.9. The Kier molecular flexibility index (Phi) is 5.25. The lowest BCUT2D eigenvalue weighted by atomic mass is 10.0. The largest absolute Gasteiger partial charge is 0.478 e. The van der Waals surface area contributed by atoms with Gasteiger partial charge in [-0.25, -0.2) is 18.6 Å². The van der Waals surface area contributed by atoms with Crippen molar-refractivity contribution < 1.29 is 18.7 Å². The van der Waals surface area contributed by atoms with Gasteiger partial charge in [-0.1, -0.05) is 18.2 Å². The average Bonchev–Trinajstić information content (AvgIpc) is 3.51. The van der Waals surface area contributed by atoms with Gasteiger partial charge >= 0.3 is 5.97 Å². The first-order chi connectivity index (χ1) is 17.8. The number of carboxylic acids is 1. The molecule has 1 atom stereocenters. The number of hydrogen-bond acceptors (Lipinski definition) is 6. The van der Waals surface area contributed by atoms with E-state index in [1.165, 1.54) is 12.1 Å². The number of nitrogens with one attached hydrogen (secondary N) is 1. The van der Waals surface area contributed by atoms with Gasteiger partial charge < -0.3 is 15.3 Å². The van der Waals surface area contributed by atoms with Crippen LogP contribution in [0.1, 0.15) is 45.6 Å². The molecule has 186 valence electrons. The van der Waals surface area contributed by atoms with Crippen LogP contribution >= 0.6 is 0 Å². The zero-order valence-corrected chi connectivity index (χ0v) is 20.0. The van der Waals surface area contributed by atoms with Gasteiger partial charge in [0.2, 0.25) is 5.95 Å². The first kappa shape index (κ1) is 22.8. The highest BCUT2D eigenvalue weighted by molar-refractivity contribution is 5.96. The lowest BCUT2D eigenvalue weighted by Crippen LogP contribution is -2.20. The fraction of sp³-hybridized carbons (Fsp3) is 0.185. The van der Waals surface area contributed by atoms with Crippen LogP contribution in [0.25, 0.3) is 16.6 Å². The molecule has 0 radical (unpaired) electrons. The molecule has 0 saturated carbocycles. The molecule has 3 aromatic carbocycles. The molecule has 0 saturated heterocycles. The van der Waals surface area contributed by atoms with Crippen LogP contribution in [0.3, 0.4) is 0 Å². The van der Waals surface area contributed by atoms with Crippen LogP contribution in [0.5, 0.6) is 0 Å². The van der Waals surface area contributed by atoms with E-state index >= 15 is 0 Å². The van der Waals surface area contributed by atoms with Gasteiger partial charge in [-0.2, -0.15) is 0 Å². The number of rotatable bonds is 5. The summed E-state index contributed by atoms with van der Waals surface area (Å²) in [7, 11) is 0. The van der Waals surface area contributed by atoms with Crippen molar-refractivity contribution in [1.82, 2.24) is 19.6 Å². The van der Waals surface area contributed by atoms with E-state index in [9.17, 15) is 18.7 Å². The Labute approximate surface area is 210 Å². The normalized spacial score (nSPS) is 13.8. The summed E-state index contributed by atoms with van der Waals surface area (Å²) in [5.41, 5.74) is 5.21. The van der Waals surface area contributed by atoms with Crippen molar-refractivity contribution in [3.05, 3.63) is 94.3 Å². The van der Waals surface area contributed by atoms with Crippen LogP contribution in [0.2, 0.25) is 0 Å². The van der Waals surface area contributed by atoms with Gasteiger partial charge in [0.25, 0.3) is 0 Å². The van der Waals surface area contributed by atoms with Crippen molar-refractivity contribution in [1.29, 1.82) is 0 Å². The third-order valence-corrected chi connectivity index (χ3v) is 6.74. The molecule has 3 heterocycles. The van der Waals surface area contributed by atoms with Crippen molar-refractivity contribution in [3.63, 3.8) is 0 Å². The van der Waals surface area contributed by atoms with Crippen LogP contribution in [-0.4, -0.2) is 30.7 Å².